The Hall–Kier alpha value is -1.78. The molecule has 0 bridgehead atoms. The summed E-state index contributed by atoms with van der Waals surface area (Å²) in [6.07, 6.45) is 3.42. The van der Waals surface area contributed by atoms with E-state index in [1.165, 1.54) is 18.4 Å². The van der Waals surface area contributed by atoms with Crippen LogP contribution in [0.3, 0.4) is 0 Å². The quantitative estimate of drug-likeness (QED) is 0.340. The summed E-state index contributed by atoms with van der Waals surface area (Å²) in [5.74, 6) is -0.353. The van der Waals surface area contributed by atoms with Crippen LogP contribution >= 0.6 is 11.3 Å². The normalized spacial score (nSPS) is 9.93. The molecule has 0 atom stereocenters. The Kier molecular flexibility index (Phi) is 4.40. The van der Waals surface area contributed by atoms with E-state index in [0.29, 0.717) is 4.88 Å². The molecule has 1 aromatic rings. The lowest BCUT2D eigenvalue weighted by Gasteiger charge is -1.96. The second-order valence-electron chi connectivity index (χ2n) is 2.51. The third-order valence-electron chi connectivity index (χ3n) is 1.61. The third-order valence-corrected chi connectivity index (χ3v) is 2.52. The molecule has 1 aromatic heterocycles. The number of hydrogen-bond acceptors (Lipinski definition) is 4. The second kappa shape index (κ2) is 5.85. The molecule has 1 heterocycles. The summed E-state index contributed by atoms with van der Waals surface area (Å²) in [5, 5.41) is 5.15. The standard InChI is InChI=1S/C9H9N3O2S/c1-14-9(13)8-7(4-6-15-8)3-2-5-11-12-10/h2-4,6H,5H2,1H3. The molecule has 0 unspecified atom stereocenters. The minimum absolute atomic E-state index is 0.271. The summed E-state index contributed by atoms with van der Waals surface area (Å²) >= 11 is 1.32. The Bertz CT molecular complexity index is 419. The molecule has 0 radical (unpaired) electrons. The van der Waals surface area contributed by atoms with Crippen LogP contribution in [0.2, 0.25) is 0 Å². The fourth-order valence-electron chi connectivity index (χ4n) is 0.972. The molecular weight excluding hydrogens is 214 g/mol. The first kappa shape index (κ1) is 11.3. The van der Waals surface area contributed by atoms with Crippen molar-refractivity contribution < 1.29 is 9.53 Å². The summed E-state index contributed by atoms with van der Waals surface area (Å²) in [6.45, 7) is 0.271. The van der Waals surface area contributed by atoms with Gasteiger partial charge < -0.3 is 4.74 Å². The molecular formula is C9H9N3O2S. The van der Waals surface area contributed by atoms with Gasteiger partial charge in [-0.15, -0.1) is 11.3 Å². The number of methoxy groups -OCH3 is 1. The molecule has 0 saturated carbocycles. The maximum atomic E-state index is 11.3. The molecule has 0 fully saturated rings. The Morgan fingerprint density at radius 2 is 2.60 bits per heavy atom. The maximum Gasteiger partial charge on any atom is 0.348 e. The van der Waals surface area contributed by atoms with Crippen molar-refractivity contribution in [1.82, 2.24) is 0 Å². The van der Waals surface area contributed by atoms with Gasteiger partial charge in [0.25, 0.3) is 0 Å². The Balaban J connectivity index is 2.77. The highest BCUT2D eigenvalue weighted by atomic mass is 32.1. The molecule has 5 nitrogen and oxygen atoms in total. The van der Waals surface area contributed by atoms with E-state index >= 15 is 0 Å². The highest BCUT2D eigenvalue weighted by Gasteiger charge is 2.10. The molecule has 0 aliphatic heterocycles. The van der Waals surface area contributed by atoms with Crippen molar-refractivity contribution in [1.29, 1.82) is 0 Å². The van der Waals surface area contributed by atoms with Crippen LogP contribution in [-0.4, -0.2) is 19.6 Å². The van der Waals surface area contributed by atoms with E-state index in [9.17, 15) is 4.79 Å². The Morgan fingerprint density at radius 1 is 1.80 bits per heavy atom. The lowest BCUT2D eigenvalue weighted by molar-refractivity contribution is 0.0606. The predicted molar refractivity (Wildman–Crippen MR) is 58.7 cm³/mol. The van der Waals surface area contributed by atoms with E-state index in [2.05, 4.69) is 14.8 Å². The molecule has 15 heavy (non-hydrogen) atoms. The van der Waals surface area contributed by atoms with Gasteiger partial charge in [-0.2, -0.15) is 0 Å². The minimum Gasteiger partial charge on any atom is -0.465 e. The molecule has 0 spiro atoms. The minimum atomic E-state index is -0.353. The van der Waals surface area contributed by atoms with Crippen LogP contribution in [0, 0.1) is 0 Å². The van der Waals surface area contributed by atoms with Crippen LogP contribution in [0.4, 0.5) is 0 Å². The van der Waals surface area contributed by atoms with Crippen molar-refractivity contribution in [3.05, 3.63) is 38.4 Å². The zero-order valence-electron chi connectivity index (χ0n) is 8.08. The first-order valence-corrected chi connectivity index (χ1v) is 5.00. The van der Waals surface area contributed by atoms with Crippen molar-refractivity contribution >= 4 is 23.4 Å². The monoisotopic (exact) mass is 223 g/mol. The average Bonchev–Trinajstić information content (AvgIpc) is 2.71. The van der Waals surface area contributed by atoms with Crippen molar-refractivity contribution in [2.45, 2.75) is 0 Å². The number of carbonyl (C=O) groups is 1. The molecule has 0 aliphatic carbocycles. The van der Waals surface area contributed by atoms with Gasteiger partial charge in [0.15, 0.2) is 0 Å². The van der Waals surface area contributed by atoms with E-state index in [-0.39, 0.29) is 12.5 Å². The van der Waals surface area contributed by atoms with Crippen molar-refractivity contribution in [2.75, 3.05) is 13.7 Å². The number of esters is 1. The van der Waals surface area contributed by atoms with Crippen LogP contribution in [0.5, 0.6) is 0 Å². The van der Waals surface area contributed by atoms with Gasteiger partial charge in [-0.05, 0) is 22.5 Å². The van der Waals surface area contributed by atoms with Gasteiger partial charge in [-0.1, -0.05) is 17.3 Å². The largest absolute Gasteiger partial charge is 0.465 e. The molecule has 0 aliphatic rings. The van der Waals surface area contributed by atoms with E-state index < -0.39 is 0 Å². The topological polar surface area (TPSA) is 75.1 Å². The smallest absolute Gasteiger partial charge is 0.348 e. The fraction of sp³-hybridized carbons (Fsp3) is 0.222. The highest BCUT2D eigenvalue weighted by molar-refractivity contribution is 7.12. The molecule has 0 saturated heterocycles. The molecule has 6 heteroatoms. The van der Waals surface area contributed by atoms with E-state index in [0.717, 1.165) is 5.56 Å². The number of thiophene rings is 1. The lowest BCUT2D eigenvalue weighted by atomic mass is 10.2. The number of hydrogen-bond donors (Lipinski definition) is 0. The zero-order valence-corrected chi connectivity index (χ0v) is 8.90. The van der Waals surface area contributed by atoms with Crippen LogP contribution in [0.15, 0.2) is 22.6 Å². The van der Waals surface area contributed by atoms with Crippen molar-refractivity contribution in [3.8, 4) is 0 Å². The van der Waals surface area contributed by atoms with Crippen molar-refractivity contribution in [3.63, 3.8) is 0 Å². The zero-order chi connectivity index (χ0) is 11.1. The molecule has 0 aromatic carbocycles. The van der Waals surface area contributed by atoms with Gasteiger partial charge in [0.1, 0.15) is 4.88 Å². The van der Waals surface area contributed by atoms with E-state index in [4.69, 9.17) is 5.53 Å². The van der Waals surface area contributed by atoms with Gasteiger partial charge in [-0.25, -0.2) is 4.79 Å². The summed E-state index contributed by atoms with van der Waals surface area (Å²) < 4.78 is 4.62. The molecule has 78 valence electrons. The highest BCUT2D eigenvalue weighted by Crippen LogP contribution is 2.19. The third kappa shape index (κ3) is 3.12. The van der Waals surface area contributed by atoms with Crippen LogP contribution in [0.1, 0.15) is 15.2 Å². The van der Waals surface area contributed by atoms with Gasteiger partial charge in [0.2, 0.25) is 0 Å². The summed E-state index contributed by atoms with van der Waals surface area (Å²) in [7, 11) is 1.34. The summed E-state index contributed by atoms with van der Waals surface area (Å²) in [6, 6.07) is 1.81. The molecule has 0 amide bonds. The van der Waals surface area contributed by atoms with Crippen LogP contribution < -0.4 is 0 Å². The van der Waals surface area contributed by atoms with Gasteiger partial charge in [-0.3, -0.25) is 0 Å². The number of ether oxygens (including phenoxy) is 1. The number of rotatable bonds is 4. The number of azide groups is 1. The molecule has 0 N–H and O–H groups in total. The van der Waals surface area contributed by atoms with Gasteiger partial charge >= 0.3 is 5.97 Å². The second-order valence-corrected chi connectivity index (χ2v) is 3.43. The SMILES string of the molecule is COC(=O)c1sccc1C=CCN=[N+]=[N-]. The first-order chi connectivity index (χ1) is 7.29. The Morgan fingerprint density at radius 3 is 3.27 bits per heavy atom. The average molecular weight is 223 g/mol. The predicted octanol–water partition coefficient (Wildman–Crippen LogP) is 2.86. The van der Waals surface area contributed by atoms with Gasteiger partial charge in [0, 0.05) is 11.5 Å². The summed E-state index contributed by atoms with van der Waals surface area (Å²) in [5.41, 5.74) is 8.83. The van der Waals surface area contributed by atoms with E-state index in [1.54, 1.807) is 17.5 Å². The van der Waals surface area contributed by atoms with Crippen LogP contribution in [-0.2, 0) is 4.74 Å². The van der Waals surface area contributed by atoms with E-state index in [1.807, 2.05) is 6.07 Å². The number of carbonyl (C=O) groups excluding carboxylic acids is 1. The van der Waals surface area contributed by atoms with Gasteiger partial charge in [0.05, 0.1) is 7.11 Å². The summed E-state index contributed by atoms with van der Waals surface area (Å²) in [4.78, 5) is 14.4. The number of nitrogens with zero attached hydrogens (tertiary/aromatic N) is 3. The Labute approximate surface area is 90.6 Å². The van der Waals surface area contributed by atoms with Crippen molar-refractivity contribution in [2.24, 2.45) is 5.11 Å². The maximum absolute atomic E-state index is 11.3. The van der Waals surface area contributed by atoms with Crippen LogP contribution in [0.25, 0.3) is 16.5 Å². The fourth-order valence-corrected chi connectivity index (χ4v) is 1.77. The lowest BCUT2D eigenvalue weighted by Crippen LogP contribution is -1.99. The molecule has 1 rings (SSSR count). The first-order valence-electron chi connectivity index (χ1n) is 4.12.